The number of hydrogen-bond acceptors (Lipinski definition) is 1. The van der Waals surface area contributed by atoms with E-state index in [1.165, 1.54) is 11.1 Å². The molecule has 0 saturated heterocycles. The van der Waals surface area contributed by atoms with Crippen LogP contribution in [0.2, 0.25) is 0 Å². The third kappa shape index (κ3) is 3.10. The van der Waals surface area contributed by atoms with Gasteiger partial charge in [0.15, 0.2) is 0 Å². The molecule has 0 fully saturated rings. The van der Waals surface area contributed by atoms with Crippen molar-refractivity contribution in [3.05, 3.63) is 59.7 Å². The Bertz CT molecular complexity index is 474. The van der Waals surface area contributed by atoms with E-state index in [4.69, 9.17) is 0 Å². The van der Waals surface area contributed by atoms with Crippen molar-refractivity contribution in [2.24, 2.45) is 0 Å². The summed E-state index contributed by atoms with van der Waals surface area (Å²) < 4.78 is 0. The van der Waals surface area contributed by atoms with Gasteiger partial charge < -0.3 is 5.32 Å². The van der Waals surface area contributed by atoms with E-state index in [1.54, 1.807) is 12.2 Å². The molecule has 0 aromatic heterocycles. The maximum absolute atomic E-state index is 11.8. The van der Waals surface area contributed by atoms with Crippen molar-refractivity contribution in [2.75, 3.05) is 0 Å². The van der Waals surface area contributed by atoms with Gasteiger partial charge >= 0.3 is 0 Å². The monoisotopic (exact) mass is 241 g/mol. The van der Waals surface area contributed by atoms with Gasteiger partial charge in [0.05, 0.1) is 6.04 Å². The first-order valence-corrected chi connectivity index (χ1v) is 6.49. The fraction of sp³-hybridized carbons (Fsp3) is 0.312. The van der Waals surface area contributed by atoms with E-state index in [2.05, 4.69) is 23.5 Å². The van der Waals surface area contributed by atoms with Crippen LogP contribution >= 0.6 is 0 Å². The van der Waals surface area contributed by atoms with Crippen LogP contribution in [0, 0.1) is 0 Å². The Morgan fingerprint density at radius 3 is 3.00 bits per heavy atom. The average Bonchev–Trinajstić information content (AvgIpc) is 2.39. The molecule has 0 bridgehead atoms. The lowest BCUT2D eigenvalue weighted by Gasteiger charge is -2.25. The lowest BCUT2D eigenvalue weighted by atomic mass is 9.88. The molecule has 1 amide bonds. The minimum absolute atomic E-state index is 0.0187. The zero-order valence-electron chi connectivity index (χ0n) is 10.7. The highest BCUT2D eigenvalue weighted by Gasteiger charge is 2.20. The first-order chi connectivity index (χ1) is 8.81. The van der Waals surface area contributed by atoms with E-state index in [1.807, 2.05) is 25.1 Å². The number of aryl methyl sites for hydroxylation is 1. The molecular weight excluding hydrogens is 222 g/mol. The van der Waals surface area contributed by atoms with Gasteiger partial charge in [-0.25, -0.2) is 0 Å². The van der Waals surface area contributed by atoms with Crippen molar-refractivity contribution in [3.8, 4) is 0 Å². The predicted octanol–water partition coefficient (Wildman–Crippen LogP) is 3.31. The van der Waals surface area contributed by atoms with Crippen LogP contribution in [0.5, 0.6) is 0 Å². The van der Waals surface area contributed by atoms with Gasteiger partial charge in [-0.15, -0.1) is 0 Å². The predicted molar refractivity (Wildman–Crippen MR) is 74.2 cm³/mol. The van der Waals surface area contributed by atoms with Crippen molar-refractivity contribution < 1.29 is 4.79 Å². The van der Waals surface area contributed by atoms with Crippen LogP contribution in [-0.2, 0) is 11.2 Å². The molecule has 0 heterocycles. The summed E-state index contributed by atoms with van der Waals surface area (Å²) in [7, 11) is 0. The molecule has 94 valence electrons. The second-order valence-electron chi connectivity index (χ2n) is 4.54. The minimum atomic E-state index is -0.0187. The van der Waals surface area contributed by atoms with Crippen molar-refractivity contribution in [1.82, 2.24) is 5.32 Å². The number of carbonyl (C=O) groups excluding carboxylic acids is 1. The minimum Gasteiger partial charge on any atom is -0.346 e. The van der Waals surface area contributed by atoms with Gasteiger partial charge in [0.25, 0.3) is 0 Å². The molecule has 2 heteroatoms. The number of allylic oxidation sites excluding steroid dienone is 3. The molecule has 1 N–H and O–H groups in total. The van der Waals surface area contributed by atoms with Gasteiger partial charge in [0, 0.05) is 6.08 Å². The number of fused-ring (bicyclic) bond motifs is 1. The summed E-state index contributed by atoms with van der Waals surface area (Å²) >= 11 is 0. The average molecular weight is 241 g/mol. The maximum Gasteiger partial charge on any atom is 0.244 e. The molecule has 2 nitrogen and oxygen atoms in total. The lowest BCUT2D eigenvalue weighted by Crippen LogP contribution is -2.29. The van der Waals surface area contributed by atoms with E-state index in [-0.39, 0.29) is 11.9 Å². The number of hydrogen-bond donors (Lipinski definition) is 1. The Labute approximate surface area is 108 Å². The Balaban J connectivity index is 2.05. The van der Waals surface area contributed by atoms with Crippen molar-refractivity contribution in [3.63, 3.8) is 0 Å². The Kier molecular flexibility index (Phi) is 4.35. The highest BCUT2D eigenvalue weighted by Crippen LogP contribution is 2.29. The summed E-state index contributed by atoms with van der Waals surface area (Å²) in [4.78, 5) is 11.8. The van der Waals surface area contributed by atoms with E-state index in [0.29, 0.717) is 0 Å². The van der Waals surface area contributed by atoms with Crippen molar-refractivity contribution in [2.45, 2.75) is 32.2 Å². The number of carbonyl (C=O) groups is 1. The van der Waals surface area contributed by atoms with Crippen molar-refractivity contribution in [1.29, 1.82) is 0 Å². The molecular formula is C16H19NO. The molecule has 0 aliphatic heterocycles. The van der Waals surface area contributed by atoms with Gasteiger partial charge in [-0.05, 0) is 37.3 Å². The summed E-state index contributed by atoms with van der Waals surface area (Å²) in [6.07, 6.45) is 10.4. The smallest absolute Gasteiger partial charge is 0.244 e. The molecule has 1 atom stereocenters. The molecule has 1 aliphatic rings. The van der Waals surface area contributed by atoms with Gasteiger partial charge in [-0.3, -0.25) is 4.79 Å². The Morgan fingerprint density at radius 1 is 1.33 bits per heavy atom. The second kappa shape index (κ2) is 6.20. The highest BCUT2D eigenvalue weighted by molar-refractivity contribution is 5.88. The summed E-state index contributed by atoms with van der Waals surface area (Å²) in [5.74, 6) is -0.0187. The summed E-state index contributed by atoms with van der Waals surface area (Å²) in [6, 6.07) is 8.55. The highest BCUT2D eigenvalue weighted by atomic mass is 16.1. The second-order valence-corrected chi connectivity index (χ2v) is 4.54. The Hall–Kier alpha value is -1.83. The van der Waals surface area contributed by atoms with E-state index in [0.717, 1.165) is 19.3 Å². The molecule has 2 rings (SSSR count). The van der Waals surface area contributed by atoms with E-state index < -0.39 is 0 Å². The summed E-state index contributed by atoms with van der Waals surface area (Å²) in [6.45, 7) is 1.93. The quantitative estimate of drug-likeness (QED) is 0.638. The zero-order valence-corrected chi connectivity index (χ0v) is 10.7. The van der Waals surface area contributed by atoms with Crippen LogP contribution in [0.25, 0.3) is 0 Å². The fourth-order valence-corrected chi connectivity index (χ4v) is 2.38. The first kappa shape index (κ1) is 12.6. The SMILES string of the molecule is C/C=C/C=C/C(=O)N[C@H]1CCCc2ccccc21. The van der Waals surface area contributed by atoms with Crippen molar-refractivity contribution >= 4 is 5.91 Å². The zero-order chi connectivity index (χ0) is 12.8. The summed E-state index contributed by atoms with van der Waals surface area (Å²) in [5.41, 5.74) is 2.64. The van der Waals surface area contributed by atoms with Crippen LogP contribution in [0.3, 0.4) is 0 Å². The van der Waals surface area contributed by atoms with Crippen LogP contribution < -0.4 is 5.32 Å². The molecule has 0 saturated carbocycles. The molecule has 0 spiro atoms. The molecule has 18 heavy (non-hydrogen) atoms. The van der Waals surface area contributed by atoms with Crippen LogP contribution in [-0.4, -0.2) is 5.91 Å². The Morgan fingerprint density at radius 2 is 2.17 bits per heavy atom. The van der Waals surface area contributed by atoms with E-state index in [9.17, 15) is 4.79 Å². The molecule has 0 unspecified atom stereocenters. The van der Waals surface area contributed by atoms with Gasteiger partial charge in [0.1, 0.15) is 0 Å². The largest absolute Gasteiger partial charge is 0.346 e. The lowest BCUT2D eigenvalue weighted by molar-refractivity contribution is -0.117. The van der Waals surface area contributed by atoms with Crippen LogP contribution in [0.4, 0.5) is 0 Å². The van der Waals surface area contributed by atoms with Crippen LogP contribution in [0.15, 0.2) is 48.6 Å². The van der Waals surface area contributed by atoms with Gasteiger partial charge in [0.2, 0.25) is 5.91 Å². The molecule has 1 aromatic rings. The van der Waals surface area contributed by atoms with E-state index >= 15 is 0 Å². The first-order valence-electron chi connectivity index (χ1n) is 6.49. The number of benzene rings is 1. The van der Waals surface area contributed by atoms with Gasteiger partial charge in [-0.2, -0.15) is 0 Å². The third-order valence-corrected chi connectivity index (χ3v) is 3.24. The number of amides is 1. The topological polar surface area (TPSA) is 29.1 Å². The number of rotatable bonds is 3. The molecule has 1 aromatic carbocycles. The number of nitrogens with one attached hydrogen (secondary N) is 1. The molecule has 0 radical (unpaired) electrons. The fourth-order valence-electron chi connectivity index (χ4n) is 2.38. The van der Waals surface area contributed by atoms with Gasteiger partial charge in [-0.1, -0.05) is 42.5 Å². The molecule has 1 aliphatic carbocycles. The van der Waals surface area contributed by atoms with Crippen LogP contribution in [0.1, 0.15) is 36.9 Å². The maximum atomic E-state index is 11.8. The normalized spacial score (nSPS) is 19.1. The standard InChI is InChI=1S/C16H19NO/c1-2-3-4-12-16(18)17-15-11-7-9-13-8-5-6-10-14(13)15/h2-6,8,10,12,15H,7,9,11H2,1H3,(H,17,18)/b3-2+,12-4+/t15-/m0/s1. The third-order valence-electron chi connectivity index (χ3n) is 3.24. The summed E-state index contributed by atoms with van der Waals surface area (Å²) in [5, 5.41) is 3.07.